The van der Waals surface area contributed by atoms with E-state index in [0.717, 1.165) is 12.3 Å². The van der Waals surface area contributed by atoms with E-state index in [9.17, 15) is 0 Å². The van der Waals surface area contributed by atoms with Gasteiger partial charge < -0.3 is 13.9 Å². The van der Waals surface area contributed by atoms with Crippen LogP contribution in [0.25, 0.3) is 0 Å². The van der Waals surface area contributed by atoms with E-state index in [2.05, 4.69) is 4.90 Å². The van der Waals surface area contributed by atoms with E-state index in [-0.39, 0.29) is 6.29 Å². The van der Waals surface area contributed by atoms with Crippen molar-refractivity contribution in [2.24, 2.45) is 0 Å². The number of hydrogen-bond donors (Lipinski definition) is 0. The highest BCUT2D eigenvalue weighted by Gasteiger charge is 2.10. The molecule has 14 heavy (non-hydrogen) atoms. The maximum atomic E-state index is 5.23. The number of ether oxygens (including phenoxy) is 2. The molecule has 0 fully saturated rings. The van der Waals surface area contributed by atoms with Crippen LogP contribution in [0.1, 0.15) is 5.76 Å². The summed E-state index contributed by atoms with van der Waals surface area (Å²) in [6.45, 7) is 1.48. The lowest BCUT2D eigenvalue weighted by atomic mass is 10.4. The summed E-state index contributed by atoms with van der Waals surface area (Å²) in [4.78, 5) is 2.08. The molecule has 0 bridgehead atoms. The summed E-state index contributed by atoms with van der Waals surface area (Å²) in [5, 5.41) is 0. The molecule has 1 heterocycles. The van der Waals surface area contributed by atoms with Gasteiger partial charge in [-0.3, -0.25) is 4.90 Å². The molecule has 0 aliphatic heterocycles. The van der Waals surface area contributed by atoms with Crippen LogP contribution in [0.4, 0.5) is 0 Å². The molecule has 0 spiro atoms. The number of methoxy groups -OCH3 is 2. The molecule has 0 saturated heterocycles. The minimum atomic E-state index is -0.185. The van der Waals surface area contributed by atoms with Crippen molar-refractivity contribution in [3.8, 4) is 0 Å². The van der Waals surface area contributed by atoms with Crippen LogP contribution in [0.2, 0.25) is 0 Å². The average molecular weight is 199 g/mol. The summed E-state index contributed by atoms with van der Waals surface area (Å²) in [6.07, 6.45) is 1.49. The molecule has 4 heteroatoms. The largest absolute Gasteiger partial charge is 0.468 e. The van der Waals surface area contributed by atoms with E-state index in [0.29, 0.717) is 6.54 Å². The third kappa shape index (κ3) is 3.49. The van der Waals surface area contributed by atoms with Crippen molar-refractivity contribution < 1.29 is 13.9 Å². The molecule has 0 aromatic carbocycles. The van der Waals surface area contributed by atoms with Crippen molar-refractivity contribution in [1.82, 2.24) is 4.90 Å². The zero-order valence-corrected chi connectivity index (χ0v) is 8.90. The van der Waals surface area contributed by atoms with Crippen molar-refractivity contribution in [1.29, 1.82) is 0 Å². The third-order valence-corrected chi connectivity index (χ3v) is 1.99. The van der Waals surface area contributed by atoms with E-state index < -0.39 is 0 Å². The molecule has 0 radical (unpaired) electrons. The monoisotopic (exact) mass is 199 g/mol. The first-order valence-corrected chi connectivity index (χ1v) is 4.52. The Balaban J connectivity index is 2.31. The van der Waals surface area contributed by atoms with Gasteiger partial charge in [0.25, 0.3) is 0 Å². The quantitative estimate of drug-likeness (QED) is 0.647. The Bertz CT molecular complexity index is 232. The molecule has 4 nitrogen and oxygen atoms in total. The Kier molecular flexibility index (Phi) is 4.65. The molecule has 0 aliphatic rings. The van der Waals surface area contributed by atoms with E-state index in [1.165, 1.54) is 0 Å². The van der Waals surface area contributed by atoms with Crippen LogP contribution < -0.4 is 0 Å². The Morgan fingerprint density at radius 2 is 2.14 bits per heavy atom. The second-order valence-electron chi connectivity index (χ2n) is 3.18. The SMILES string of the molecule is COC(CN(C)Cc1ccco1)OC. The van der Waals surface area contributed by atoms with Crippen molar-refractivity contribution in [3.63, 3.8) is 0 Å². The lowest BCUT2D eigenvalue weighted by Gasteiger charge is -2.20. The van der Waals surface area contributed by atoms with Gasteiger partial charge in [-0.25, -0.2) is 0 Å². The summed E-state index contributed by atoms with van der Waals surface area (Å²) in [5.74, 6) is 0.943. The molecule has 1 aromatic rings. The summed E-state index contributed by atoms with van der Waals surface area (Å²) in [5.41, 5.74) is 0. The summed E-state index contributed by atoms with van der Waals surface area (Å²) < 4.78 is 15.4. The van der Waals surface area contributed by atoms with Gasteiger partial charge in [0.05, 0.1) is 12.8 Å². The number of rotatable bonds is 6. The Hall–Kier alpha value is -0.840. The van der Waals surface area contributed by atoms with Crippen LogP contribution in [0.5, 0.6) is 0 Å². The highest BCUT2D eigenvalue weighted by Crippen LogP contribution is 2.04. The molecule has 0 saturated carbocycles. The highest BCUT2D eigenvalue weighted by molar-refractivity contribution is 4.97. The van der Waals surface area contributed by atoms with Crippen LogP contribution >= 0.6 is 0 Å². The van der Waals surface area contributed by atoms with Crippen molar-refractivity contribution in [2.45, 2.75) is 12.8 Å². The molecule has 0 N–H and O–H groups in total. The molecular formula is C10H17NO3. The van der Waals surface area contributed by atoms with Gasteiger partial charge in [0.15, 0.2) is 6.29 Å². The zero-order chi connectivity index (χ0) is 10.4. The predicted molar refractivity (Wildman–Crippen MR) is 52.8 cm³/mol. The minimum absolute atomic E-state index is 0.185. The van der Waals surface area contributed by atoms with Gasteiger partial charge in [0.2, 0.25) is 0 Å². The summed E-state index contributed by atoms with van der Waals surface area (Å²) in [6, 6.07) is 3.83. The zero-order valence-electron chi connectivity index (χ0n) is 8.90. The smallest absolute Gasteiger partial charge is 0.169 e. The third-order valence-electron chi connectivity index (χ3n) is 1.99. The van der Waals surface area contributed by atoms with Crippen LogP contribution in [0.15, 0.2) is 22.8 Å². The van der Waals surface area contributed by atoms with E-state index in [1.54, 1.807) is 20.5 Å². The van der Waals surface area contributed by atoms with Gasteiger partial charge >= 0.3 is 0 Å². The van der Waals surface area contributed by atoms with Gasteiger partial charge in [0.1, 0.15) is 5.76 Å². The number of likely N-dealkylation sites (N-methyl/N-ethyl adjacent to an activating group) is 1. The van der Waals surface area contributed by atoms with E-state index >= 15 is 0 Å². The van der Waals surface area contributed by atoms with Crippen molar-refractivity contribution in [3.05, 3.63) is 24.2 Å². The first kappa shape index (κ1) is 11.2. The second kappa shape index (κ2) is 5.80. The number of nitrogens with zero attached hydrogens (tertiary/aromatic N) is 1. The lowest BCUT2D eigenvalue weighted by molar-refractivity contribution is -0.114. The lowest BCUT2D eigenvalue weighted by Crippen LogP contribution is -2.31. The first-order chi connectivity index (χ1) is 6.76. The topological polar surface area (TPSA) is 34.8 Å². The van der Waals surface area contributed by atoms with Gasteiger partial charge in [-0.1, -0.05) is 0 Å². The molecule has 80 valence electrons. The normalized spacial score (nSPS) is 11.5. The molecule has 0 aliphatic carbocycles. The Morgan fingerprint density at radius 1 is 1.43 bits per heavy atom. The van der Waals surface area contributed by atoms with Crippen LogP contribution in [0.3, 0.4) is 0 Å². The van der Waals surface area contributed by atoms with E-state index in [1.807, 2.05) is 19.2 Å². The van der Waals surface area contributed by atoms with Gasteiger partial charge in [-0.05, 0) is 19.2 Å². The van der Waals surface area contributed by atoms with Gasteiger partial charge in [0, 0.05) is 20.8 Å². The minimum Gasteiger partial charge on any atom is -0.468 e. The van der Waals surface area contributed by atoms with Gasteiger partial charge in [-0.15, -0.1) is 0 Å². The molecule has 0 atom stereocenters. The predicted octanol–water partition coefficient (Wildman–Crippen LogP) is 1.33. The molecular weight excluding hydrogens is 182 g/mol. The summed E-state index contributed by atoms with van der Waals surface area (Å²) in [7, 11) is 5.26. The molecule has 1 rings (SSSR count). The standard InChI is InChI=1S/C10H17NO3/c1-11(8-10(12-2)13-3)7-9-5-4-6-14-9/h4-6,10H,7-8H2,1-3H3. The Labute approximate surface area is 84.4 Å². The first-order valence-electron chi connectivity index (χ1n) is 4.52. The number of hydrogen-bond acceptors (Lipinski definition) is 4. The van der Waals surface area contributed by atoms with E-state index in [4.69, 9.17) is 13.9 Å². The summed E-state index contributed by atoms with van der Waals surface area (Å²) >= 11 is 0. The fourth-order valence-corrected chi connectivity index (χ4v) is 1.23. The second-order valence-corrected chi connectivity index (χ2v) is 3.18. The molecule has 0 amide bonds. The van der Waals surface area contributed by atoms with Crippen LogP contribution in [-0.2, 0) is 16.0 Å². The van der Waals surface area contributed by atoms with Crippen molar-refractivity contribution in [2.75, 3.05) is 27.8 Å². The molecule has 0 unspecified atom stereocenters. The molecule has 1 aromatic heterocycles. The fraction of sp³-hybridized carbons (Fsp3) is 0.600. The van der Waals surface area contributed by atoms with Gasteiger partial charge in [-0.2, -0.15) is 0 Å². The van der Waals surface area contributed by atoms with Crippen molar-refractivity contribution >= 4 is 0 Å². The number of furan rings is 1. The Morgan fingerprint density at radius 3 is 2.64 bits per heavy atom. The maximum absolute atomic E-state index is 5.23. The average Bonchev–Trinajstić information content (AvgIpc) is 2.66. The van der Waals surface area contributed by atoms with Crippen LogP contribution in [-0.4, -0.2) is 39.0 Å². The highest BCUT2D eigenvalue weighted by atomic mass is 16.7. The van der Waals surface area contributed by atoms with Crippen LogP contribution in [0, 0.1) is 0 Å². The fourth-order valence-electron chi connectivity index (χ4n) is 1.23. The maximum Gasteiger partial charge on any atom is 0.169 e.